The van der Waals surface area contributed by atoms with E-state index in [-0.39, 0.29) is 5.82 Å². The second-order valence-corrected chi connectivity index (χ2v) is 4.30. The fourth-order valence-corrected chi connectivity index (χ4v) is 2.10. The molecule has 0 bridgehead atoms. The lowest BCUT2D eigenvalue weighted by atomic mass is 10.3. The molecule has 1 heterocycles. The van der Waals surface area contributed by atoms with Crippen molar-refractivity contribution < 1.29 is 9.13 Å². The number of hydrogen-bond donors (Lipinski definition) is 0. The van der Waals surface area contributed by atoms with Crippen molar-refractivity contribution in [1.29, 1.82) is 0 Å². The highest BCUT2D eigenvalue weighted by Crippen LogP contribution is 2.16. The van der Waals surface area contributed by atoms with Crippen LogP contribution in [0.3, 0.4) is 0 Å². The second kappa shape index (κ2) is 5.31. The Morgan fingerprint density at radius 2 is 2.29 bits per heavy atom. The van der Waals surface area contributed by atoms with Gasteiger partial charge in [-0.15, -0.1) is 0 Å². The molecule has 0 N–H and O–H groups in total. The summed E-state index contributed by atoms with van der Waals surface area (Å²) in [6.45, 7) is 3.16. The highest BCUT2D eigenvalue weighted by Gasteiger charge is 2.07. The summed E-state index contributed by atoms with van der Waals surface area (Å²) in [5.74, 6) is 1.01. The van der Waals surface area contributed by atoms with Crippen LogP contribution in [0.1, 0.15) is 12.7 Å². The van der Waals surface area contributed by atoms with Crippen LogP contribution in [-0.2, 0) is 13.2 Å². The lowest BCUT2D eigenvalue weighted by Crippen LogP contribution is -2.06. The first kappa shape index (κ1) is 12.1. The molecule has 0 fully saturated rings. The zero-order valence-electron chi connectivity index (χ0n) is 9.36. The molecule has 0 atom stereocenters. The predicted molar refractivity (Wildman–Crippen MR) is 66.3 cm³/mol. The van der Waals surface area contributed by atoms with Crippen molar-refractivity contribution >= 4 is 15.9 Å². The number of ether oxygens (including phenoxy) is 1. The van der Waals surface area contributed by atoms with E-state index in [1.807, 2.05) is 11.5 Å². The van der Waals surface area contributed by atoms with Crippen LogP contribution in [0.4, 0.5) is 4.39 Å². The van der Waals surface area contributed by atoms with E-state index >= 15 is 0 Å². The highest BCUT2D eigenvalue weighted by molar-refractivity contribution is 9.10. The van der Waals surface area contributed by atoms with Gasteiger partial charge in [-0.3, -0.25) is 0 Å². The molecule has 2 aromatic rings. The van der Waals surface area contributed by atoms with Gasteiger partial charge in [0, 0.05) is 12.6 Å². The highest BCUT2D eigenvalue weighted by atomic mass is 79.9. The molecule has 5 heteroatoms. The summed E-state index contributed by atoms with van der Waals surface area (Å²) in [6.07, 6.45) is 1.73. The SMILES string of the molecule is CCn1c(Br)cnc1COc1cccc(F)c1. The molecule has 1 aromatic carbocycles. The quantitative estimate of drug-likeness (QED) is 0.865. The summed E-state index contributed by atoms with van der Waals surface area (Å²) in [6, 6.07) is 6.08. The number of halogens is 2. The Bertz CT molecular complexity index is 513. The first-order valence-electron chi connectivity index (χ1n) is 5.29. The minimum absolute atomic E-state index is 0.303. The van der Waals surface area contributed by atoms with Gasteiger partial charge in [0.25, 0.3) is 0 Å². The lowest BCUT2D eigenvalue weighted by Gasteiger charge is -2.08. The molecule has 0 saturated heterocycles. The van der Waals surface area contributed by atoms with Crippen LogP contribution in [0.5, 0.6) is 5.75 Å². The van der Waals surface area contributed by atoms with E-state index in [4.69, 9.17) is 4.74 Å². The smallest absolute Gasteiger partial charge is 0.147 e. The van der Waals surface area contributed by atoms with Gasteiger partial charge in [0.1, 0.15) is 28.6 Å². The van der Waals surface area contributed by atoms with Gasteiger partial charge in [0.05, 0.1) is 6.20 Å². The molecular formula is C12H12BrFN2O. The van der Waals surface area contributed by atoms with Crippen LogP contribution in [0, 0.1) is 5.82 Å². The first-order chi connectivity index (χ1) is 8.20. The Balaban J connectivity index is 2.07. The van der Waals surface area contributed by atoms with Crippen LogP contribution in [0.2, 0.25) is 0 Å². The molecule has 1 aromatic heterocycles. The van der Waals surface area contributed by atoms with E-state index < -0.39 is 0 Å². The normalized spacial score (nSPS) is 10.5. The number of nitrogens with zero attached hydrogens (tertiary/aromatic N) is 2. The largest absolute Gasteiger partial charge is 0.486 e. The average molecular weight is 299 g/mol. The van der Waals surface area contributed by atoms with Crippen molar-refractivity contribution in [3.8, 4) is 5.75 Å². The molecule has 0 unspecified atom stereocenters. The fraction of sp³-hybridized carbons (Fsp3) is 0.250. The number of benzene rings is 1. The summed E-state index contributed by atoms with van der Waals surface area (Å²) in [5.41, 5.74) is 0. The monoisotopic (exact) mass is 298 g/mol. The van der Waals surface area contributed by atoms with Gasteiger partial charge in [-0.25, -0.2) is 9.37 Å². The van der Waals surface area contributed by atoms with E-state index in [0.29, 0.717) is 12.4 Å². The zero-order valence-corrected chi connectivity index (χ0v) is 10.9. The average Bonchev–Trinajstić information content (AvgIpc) is 2.67. The van der Waals surface area contributed by atoms with Crippen molar-refractivity contribution in [1.82, 2.24) is 9.55 Å². The lowest BCUT2D eigenvalue weighted by molar-refractivity contribution is 0.288. The van der Waals surface area contributed by atoms with Gasteiger partial charge in [-0.1, -0.05) is 6.07 Å². The van der Waals surface area contributed by atoms with Gasteiger partial charge in [0.2, 0.25) is 0 Å². The van der Waals surface area contributed by atoms with Gasteiger partial charge in [0.15, 0.2) is 0 Å². The van der Waals surface area contributed by atoms with Gasteiger partial charge in [-0.2, -0.15) is 0 Å². The summed E-state index contributed by atoms with van der Waals surface area (Å²) in [4.78, 5) is 4.22. The Hall–Kier alpha value is -1.36. The molecule has 17 heavy (non-hydrogen) atoms. The molecule has 3 nitrogen and oxygen atoms in total. The van der Waals surface area contributed by atoms with Crippen molar-refractivity contribution in [3.05, 3.63) is 46.7 Å². The fourth-order valence-electron chi connectivity index (χ4n) is 1.54. The first-order valence-corrected chi connectivity index (χ1v) is 6.08. The van der Waals surface area contributed by atoms with E-state index in [9.17, 15) is 4.39 Å². The standard InChI is InChI=1S/C12H12BrFN2O/c1-2-16-11(13)7-15-12(16)8-17-10-5-3-4-9(14)6-10/h3-7H,2,8H2,1H3. The van der Waals surface area contributed by atoms with Crippen LogP contribution in [0.15, 0.2) is 35.1 Å². The van der Waals surface area contributed by atoms with E-state index in [1.165, 1.54) is 12.1 Å². The molecule has 0 spiro atoms. The number of hydrogen-bond acceptors (Lipinski definition) is 2. The van der Waals surface area contributed by atoms with Crippen molar-refractivity contribution in [2.45, 2.75) is 20.1 Å². The predicted octanol–water partition coefficient (Wildman–Crippen LogP) is 3.38. The van der Waals surface area contributed by atoms with Crippen LogP contribution in [-0.4, -0.2) is 9.55 Å². The second-order valence-electron chi connectivity index (χ2n) is 3.49. The van der Waals surface area contributed by atoms with Gasteiger partial charge in [-0.05, 0) is 35.0 Å². The Kier molecular flexibility index (Phi) is 3.78. The maximum Gasteiger partial charge on any atom is 0.147 e. The Morgan fingerprint density at radius 3 is 3.00 bits per heavy atom. The summed E-state index contributed by atoms with van der Waals surface area (Å²) < 4.78 is 21.3. The number of imidazole rings is 1. The minimum Gasteiger partial charge on any atom is -0.486 e. The van der Waals surface area contributed by atoms with Crippen molar-refractivity contribution in [2.24, 2.45) is 0 Å². The van der Waals surface area contributed by atoms with Crippen molar-refractivity contribution in [3.63, 3.8) is 0 Å². The Labute approximate surface area is 107 Å². The summed E-state index contributed by atoms with van der Waals surface area (Å²) in [7, 11) is 0. The minimum atomic E-state index is -0.303. The molecule has 0 amide bonds. The third-order valence-electron chi connectivity index (χ3n) is 2.37. The van der Waals surface area contributed by atoms with Crippen LogP contribution >= 0.6 is 15.9 Å². The van der Waals surface area contributed by atoms with Crippen molar-refractivity contribution in [2.75, 3.05) is 0 Å². The Morgan fingerprint density at radius 1 is 1.47 bits per heavy atom. The zero-order chi connectivity index (χ0) is 12.3. The number of aromatic nitrogens is 2. The molecule has 0 aliphatic heterocycles. The van der Waals surface area contributed by atoms with Crippen LogP contribution < -0.4 is 4.74 Å². The third-order valence-corrected chi connectivity index (χ3v) is 3.00. The molecule has 2 rings (SSSR count). The van der Waals surface area contributed by atoms with E-state index in [2.05, 4.69) is 20.9 Å². The number of rotatable bonds is 4. The van der Waals surface area contributed by atoms with Gasteiger partial charge < -0.3 is 9.30 Å². The van der Waals surface area contributed by atoms with E-state index in [0.717, 1.165) is 17.0 Å². The molecule has 90 valence electrons. The van der Waals surface area contributed by atoms with Crippen LogP contribution in [0.25, 0.3) is 0 Å². The molecule has 0 saturated carbocycles. The maximum atomic E-state index is 12.9. The molecular weight excluding hydrogens is 287 g/mol. The molecule has 0 aliphatic carbocycles. The topological polar surface area (TPSA) is 27.1 Å². The maximum absolute atomic E-state index is 12.9. The molecule has 0 aliphatic rings. The summed E-state index contributed by atoms with van der Waals surface area (Å²) in [5, 5.41) is 0. The van der Waals surface area contributed by atoms with E-state index in [1.54, 1.807) is 18.3 Å². The molecule has 0 radical (unpaired) electrons. The summed E-state index contributed by atoms with van der Waals surface area (Å²) >= 11 is 3.40. The third kappa shape index (κ3) is 2.85. The van der Waals surface area contributed by atoms with Gasteiger partial charge >= 0.3 is 0 Å².